The zero-order valence-electron chi connectivity index (χ0n) is 17.0. The summed E-state index contributed by atoms with van der Waals surface area (Å²) in [5.74, 6) is 0.532. The molecule has 4 aromatic rings. The van der Waals surface area contributed by atoms with Gasteiger partial charge >= 0.3 is 0 Å². The largest absolute Gasteiger partial charge is 0.497 e. The summed E-state index contributed by atoms with van der Waals surface area (Å²) < 4.78 is 20.2. The number of nitrogens with zero attached hydrogens (tertiary/aromatic N) is 5. The number of halogens is 1. The van der Waals surface area contributed by atoms with Crippen molar-refractivity contribution < 1.29 is 13.9 Å². The van der Waals surface area contributed by atoms with E-state index >= 15 is 0 Å². The number of ether oxygens (including phenoxy) is 1. The first-order valence-electron chi connectivity index (χ1n) is 9.51. The maximum absolute atomic E-state index is 13.5. The minimum absolute atomic E-state index is 0.0615. The summed E-state index contributed by atoms with van der Waals surface area (Å²) in [5.41, 5.74) is 1.53. The van der Waals surface area contributed by atoms with Crippen LogP contribution in [-0.2, 0) is 11.3 Å². The maximum Gasteiger partial charge on any atom is 0.233 e. The highest BCUT2D eigenvalue weighted by molar-refractivity contribution is 7.99. The Kier molecular flexibility index (Phi) is 6.13. The summed E-state index contributed by atoms with van der Waals surface area (Å²) in [6.07, 6.45) is 0. The molecule has 0 atom stereocenters. The van der Waals surface area contributed by atoms with Crippen molar-refractivity contribution in [3.05, 3.63) is 72.0 Å². The van der Waals surface area contributed by atoms with Crippen molar-refractivity contribution in [3.63, 3.8) is 0 Å². The summed E-state index contributed by atoms with van der Waals surface area (Å²) in [5, 5.41) is 14.1. The molecule has 0 unspecified atom stereocenters. The zero-order chi connectivity index (χ0) is 21.8. The van der Waals surface area contributed by atoms with E-state index in [-0.39, 0.29) is 17.5 Å². The van der Waals surface area contributed by atoms with Gasteiger partial charge in [-0.2, -0.15) is 4.68 Å². The number of carbonyl (C=O) groups excluding carboxylic acids is 1. The molecule has 0 fully saturated rings. The van der Waals surface area contributed by atoms with Crippen molar-refractivity contribution in [2.45, 2.75) is 11.7 Å². The van der Waals surface area contributed by atoms with Crippen molar-refractivity contribution in [1.82, 2.24) is 25.1 Å². The van der Waals surface area contributed by atoms with Crippen LogP contribution in [0.3, 0.4) is 0 Å². The highest BCUT2D eigenvalue weighted by Gasteiger charge is 2.15. The van der Waals surface area contributed by atoms with Gasteiger partial charge in [-0.25, -0.2) is 4.39 Å². The average molecular weight is 438 g/mol. The first kappa shape index (κ1) is 20.8. The van der Waals surface area contributed by atoms with E-state index in [2.05, 4.69) is 21.6 Å². The summed E-state index contributed by atoms with van der Waals surface area (Å²) in [7, 11) is 3.40. The molecule has 0 spiro atoms. The van der Waals surface area contributed by atoms with Gasteiger partial charge in [0.25, 0.3) is 0 Å². The molecule has 0 N–H and O–H groups in total. The summed E-state index contributed by atoms with van der Waals surface area (Å²) >= 11 is 1.21. The fourth-order valence-corrected chi connectivity index (χ4v) is 3.97. The van der Waals surface area contributed by atoms with E-state index in [0.29, 0.717) is 17.4 Å². The van der Waals surface area contributed by atoms with Crippen LogP contribution in [0.5, 0.6) is 5.75 Å². The number of rotatable bonds is 7. The van der Waals surface area contributed by atoms with Crippen LogP contribution in [0.25, 0.3) is 16.5 Å². The monoisotopic (exact) mass is 437 g/mol. The molecule has 1 aromatic heterocycles. The van der Waals surface area contributed by atoms with E-state index in [1.807, 2.05) is 30.3 Å². The quantitative estimate of drug-likeness (QED) is 0.411. The molecule has 9 heteroatoms. The number of hydrogen-bond donors (Lipinski definition) is 0. The van der Waals surface area contributed by atoms with Crippen LogP contribution in [0.4, 0.5) is 4.39 Å². The van der Waals surface area contributed by atoms with Crippen molar-refractivity contribution in [1.29, 1.82) is 0 Å². The van der Waals surface area contributed by atoms with E-state index in [1.54, 1.807) is 31.2 Å². The first-order chi connectivity index (χ1) is 15.0. The number of methoxy groups -OCH3 is 1. The normalized spacial score (nSPS) is 10.9. The molecule has 0 aliphatic heterocycles. The standard InChI is InChI=1S/C22H20FN5O2S/c1-27(13-15-6-7-17-11-20(30-2)9-8-16(17)10-15)21(29)14-31-22-24-25-26-28(22)19-5-3-4-18(23)12-19/h3-12H,13-14H2,1-2H3. The Morgan fingerprint density at radius 1 is 1.13 bits per heavy atom. The number of thioether (sulfide) groups is 1. The van der Waals surface area contributed by atoms with E-state index < -0.39 is 0 Å². The smallest absolute Gasteiger partial charge is 0.233 e. The van der Waals surface area contributed by atoms with Crippen LogP contribution in [0.2, 0.25) is 0 Å². The second kappa shape index (κ2) is 9.13. The number of amides is 1. The molecular weight excluding hydrogens is 417 g/mol. The minimum Gasteiger partial charge on any atom is -0.497 e. The highest BCUT2D eigenvalue weighted by Crippen LogP contribution is 2.23. The number of hydrogen-bond acceptors (Lipinski definition) is 6. The van der Waals surface area contributed by atoms with E-state index in [9.17, 15) is 9.18 Å². The molecule has 31 heavy (non-hydrogen) atoms. The molecule has 1 amide bonds. The van der Waals surface area contributed by atoms with Gasteiger partial charge in [-0.15, -0.1) is 5.10 Å². The Hall–Kier alpha value is -3.46. The predicted molar refractivity (Wildman–Crippen MR) is 117 cm³/mol. The van der Waals surface area contributed by atoms with Gasteiger partial charge < -0.3 is 9.64 Å². The van der Waals surface area contributed by atoms with E-state index in [0.717, 1.165) is 22.1 Å². The second-order valence-corrected chi connectivity index (χ2v) is 7.88. The molecule has 0 aliphatic rings. The molecule has 3 aromatic carbocycles. The zero-order valence-corrected chi connectivity index (χ0v) is 17.8. The van der Waals surface area contributed by atoms with E-state index in [1.165, 1.54) is 28.6 Å². The van der Waals surface area contributed by atoms with Gasteiger partial charge in [0.05, 0.1) is 18.6 Å². The SMILES string of the molecule is COc1ccc2cc(CN(C)C(=O)CSc3nnnn3-c3cccc(F)c3)ccc2c1. The molecule has 4 rings (SSSR count). The van der Waals surface area contributed by atoms with Crippen LogP contribution in [-0.4, -0.2) is 50.9 Å². The Labute approximate surface area is 182 Å². The lowest BCUT2D eigenvalue weighted by Gasteiger charge is -2.17. The topological polar surface area (TPSA) is 73.1 Å². The van der Waals surface area contributed by atoms with Crippen LogP contribution < -0.4 is 4.74 Å². The van der Waals surface area contributed by atoms with Gasteiger partial charge in [0.1, 0.15) is 11.6 Å². The molecular formula is C22H20FN5O2S. The maximum atomic E-state index is 13.5. The highest BCUT2D eigenvalue weighted by atomic mass is 32.2. The fourth-order valence-electron chi connectivity index (χ4n) is 3.14. The van der Waals surface area contributed by atoms with Gasteiger partial charge in [0.2, 0.25) is 11.1 Å². The Morgan fingerprint density at radius 3 is 2.74 bits per heavy atom. The third-order valence-corrected chi connectivity index (χ3v) is 5.68. The summed E-state index contributed by atoms with van der Waals surface area (Å²) in [6.45, 7) is 0.482. The van der Waals surface area contributed by atoms with Crippen LogP contribution in [0, 0.1) is 5.82 Å². The molecule has 0 bridgehead atoms. The van der Waals surface area contributed by atoms with Gasteiger partial charge in [-0.1, -0.05) is 36.0 Å². The minimum atomic E-state index is -0.381. The lowest BCUT2D eigenvalue weighted by molar-refractivity contribution is -0.127. The number of aromatic nitrogens is 4. The van der Waals surface area contributed by atoms with Crippen molar-refractivity contribution in [2.24, 2.45) is 0 Å². The second-order valence-electron chi connectivity index (χ2n) is 6.94. The molecule has 7 nitrogen and oxygen atoms in total. The first-order valence-corrected chi connectivity index (χ1v) is 10.5. The Bertz CT molecular complexity index is 1230. The number of tetrazole rings is 1. The van der Waals surface area contributed by atoms with Gasteiger partial charge in [-0.3, -0.25) is 4.79 Å². The van der Waals surface area contributed by atoms with Gasteiger partial charge in [0.15, 0.2) is 0 Å². The molecule has 0 radical (unpaired) electrons. The van der Waals surface area contributed by atoms with Crippen molar-refractivity contribution in [2.75, 3.05) is 19.9 Å². The molecule has 0 saturated heterocycles. The lowest BCUT2D eigenvalue weighted by Crippen LogP contribution is -2.27. The van der Waals surface area contributed by atoms with Gasteiger partial charge in [0, 0.05) is 13.6 Å². The number of benzene rings is 3. The van der Waals surface area contributed by atoms with Gasteiger partial charge in [-0.05, 0) is 63.2 Å². The Balaban J connectivity index is 1.40. The third-order valence-electron chi connectivity index (χ3n) is 4.78. The van der Waals surface area contributed by atoms with Crippen molar-refractivity contribution >= 4 is 28.4 Å². The predicted octanol–water partition coefficient (Wildman–Crippen LogP) is 3.71. The lowest BCUT2D eigenvalue weighted by atomic mass is 10.1. The molecule has 1 heterocycles. The fraction of sp³-hybridized carbons (Fsp3) is 0.182. The number of fused-ring (bicyclic) bond motifs is 1. The van der Waals surface area contributed by atoms with Crippen LogP contribution in [0.1, 0.15) is 5.56 Å². The average Bonchev–Trinajstić information content (AvgIpc) is 3.25. The summed E-state index contributed by atoms with van der Waals surface area (Å²) in [4.78, 5) is 14.3. The third kappa shape index (κ3) is 4.83. The van der Waals surface area contributed by atoms with Crippen LogP contribution >= 0.6 is 11.8 Å². The number of carbonyl (C=O) groups is 1. The van der Waals surface area contributed by atoms with E-state index in [4.69, 9.17) is 4.74 Å². The summed E-state index contributed by atoms with van der Waals surface area (Å²) in [6, 6.07) is 18.0. The van der Waals surface area contributed by atoms with Crippen LogP contribution in [0.15, 0.2) is 65.8 Å². The molecule has 0 aliphatic carbocycles. The Morgan fingerprint density at radius 2 is 1.94 bits per heavy atom. The molecule has 0 saturated carbocycles. The van der Waals surface area contributed by atoms with Crippen molar-refractivity contribution in [3.8, 4) is 11.4 Å². The molecule has 158 valence electrons.